The van der Waals surface area contributed by atoms with Gasteiger partial charge in [0.2, 0.25) is 0 Å². The van der Waals surface area contributed by atoms with E-state index in [-0.39, 0.29) is 10.8 Å². The van der Waals surface area contributed by atoms with Gasteiger partial charge in [-0.1, -0.05) is 115 Å². The molecule has 2 heterocycles. The fourth-order valence-corrected chi connectivity index (χ4v) is 7.51. The first-order chi connectivity index (χ1) is 21.9. The number of hydrogen-bond acceptors (Lipinski definition) is 1. The molecule has 0 amide bonds. The summed E-state index contributed by atoms with van der Waals surface area (Å²) in [5, 5.41) is 10.4. The second-order valence-corrected chi connectivity index (χ2v) is 15.2. The number of aromatic nitrogens is 2. The molecule has 228 valence electrons. The van der Waals surface area contributed by atoms with Crippen molar-refractivity contribution in [2.45, 2.75) is 72.6 Å². The summed E-state index contributed by atoms with van der Waals surface area (Å²) in [7, 11) is 0. The van der Waals surface area contributed by atoms with Gasteiger partial charge in [-0.15, -0.1) is 0 Å². The topological polar surface area (TPSA) is 17.8 Å². The predicted octanol–water partition coefficient (Wildman–Crippen LogP) is 12.2. The Morgan fingerprint density at radius 2 is 1.26 bits per heavy atom. The van der Waals surface area contributed by atoms with E-state index in [1.807, 2.05) is 0 Å². The van der Waals surface area contributed by atoms with Crippen molar-refractivity contribution < 1.29 is 0 Å². The van der Waals surface area contributed by atoms with Crippen molar-refractivity contribution in [3.8, 4) is 16.9 Å². The Hall–Kier alpha value is -4.69. The maximum Gasteiger partial charge on any atom is 0.0743 e. The average Bonchev–Trinajstić information content (AvgIpc) is 3.36. The van der Waals surface area contributed by atoms with E-state index in [1.165, 1.54) is 82.1 Å². The van der Waals surface area contributed by atoms with Gasteiger partial charge in [0, 0.05) is 33.1 Å². The standard InChI is InChI=1S/C44H42N2/c1-9-27-15-14-26(2)45-41(27)35-19-18-28-16-17-29-22-37-33-12-10-11-13-38(33)46(42(37)36-21-20-34(35)39(28)40(29)36)32-24-30(43(3,4)5)23-31(25-32)44(6,7)8/h10-25H,9H2,1-8H3. The predicted molar refractivity (Wildman–Crippen MR) is 199 cm³/mol. The van der Waals surface area contributed by atoms with Gasteiger partial charge >= 0.3 is 0 Å². The Bertz CT molecular complexity index is 2440. The maximum atomic E-state index is 5.08. The lowest BCUT2D eigenvalue weighted by molar-refractivity contribution is 0.568. The maximum absolute atomic E-state index is 5.08. The Morgan fingerprint density at radius 1 is 0.609 bits per heavy atom. The van der Waals surface area contributed by atoms with Crippen LogP contribution in [0.5, 0.6) is 0 Å². The molecule has 8 aromatic rings. The van der Waals surface area contributed by atoms with Crippen LogP contribution < -0.4 is 0 Å². The monoisotopic (exact) mass is 598 g/mol. The van der Waals surface area contributed by atoms with Crippen LogP contribution in [0.15, 0.2) is 97.1 Å². The molecule has 0 aliphatic carbocycles. The molecule has 2 aromatic heterocycles. The minimum atomic E-state index is 0.0261. The van der Waals surface area contributed by atoms with Gasteiger partial charge < -0.3 is 4.57 Å². The van der Waals surface area contributed by atoms with Crippen LogP contribution in [0.2, 0.25) is 0 Å². The summed E-state index contributed by atoms with van der Waals surface area (Å²) in [5.74, 6) is 0. The second-order valence-electron chi connectivity index (χ2n) is 15.2. The summed E-state index contributed by atoms with van der Waals surface area (Å²) in [6.07, 6.45) is 0.954. The largest absolute Gasteiger partial charge is 0.309 e. The third-order valence-electron chi connectivity index (χ3n) is 10.1. The highest BCUT2D eigenvalue weighted by Crippen LogP contribution is 2.45. The summed E-state index contributed by atoms with van der Waals surface area (Å²) in [6.45, 7) is 18.2. The molecule has 46 heavy (non-hydrogen) atoms. The Labute approximate surface area is 272 Å². The third-order valence-corrected chi connectivity index (χ3v) is 10.1. The Morgan fingerprint density at radius 3 is 1.98 bits per heavy atom. The normalized spacial score (nSPS) is 12.9. The number of nitrogens with zero attached hydrogens (tertiary/aromatic N) is 2. The molecule has 2 heteroatoms. The van der Waals surface area contributed by atoms with Gasteiger partial charge in [-0.25, -0.2) is 0 Å². The highest BCUT2D eigenvalue weighted by Gasteiger charge is 2.24. The Balaban J connectivity index is 1.54. The molecule has 0 bridgehead atoms. The van der Waals surface area contributed by atoms with Gasteiger partial charge in [0.1, 0.15) is 0 Å². The zero-order chi connectivity index (χ0) is 32.1. The molecule has 0 saturated carbocycles. The molecule has 0 aliphatic heterocycles. The minimum absolute atomic E-state index is 0.0261. The average molecular weight is 599 g/mol. The highest BCUT2D eigenvalue weighted by molar-refractivity contribution is 6.32. The number of benzene rings is 6. The number of hydrogen-bond donors (Lipinski definition) is 0. The lowest BCUT2D eigenvalue weighted by atomic mass is 9.80. The van der Waals surface area contributed by atoms with Crippen molar-refractivity contribution in [3.63, 3.8) is 0 Å². The van der Waals surface area contributed by atoms with E-state index >= 15 is 0 Å². The van der Waals surface area contributed by atoms with E-state index in [9.17, 15) is 0 Å². The summed E-state index contributed by atoms with van der Waals surface area (Å²) in [6, 6.07) is 36.9. The first-order valence-corrected chi connectivity index (χ1v) is 16.7. The molecule has 0 atom stereocenters. The van der Waals surface area contributed by atoms with Crippen LogP contribution in [0.4, 0.5) is 0 Å². The number of para-hydroxylation sites is 1. The van der Waals surface area contributed by atoms with Crippen molar-refractivity contribution in [3.05, 3.63) is 119 Å². The van der Waals surface area contributed by atoms with Gasteiger partial charge in [0.25, 0.3) is 0 Å². The second kappa shape index (κ2) is 9.90. The van der Waals surface area contributed by atoms with E-state index < -0.39 is 0 Å². The first-order valence-electron chi connectivity index (χ1n) is 16.7. The van der Waals surface area contributed by atoms with Gasteiger partial charge in [-0.3, -0.25) is 4.98 Å². The third kappa shape index (κ3) is 4.26. The smallest absolute Gasteiger partial charge is 0.0743 e. The Kier molecular flexibility index (Phi) is 6.19. The molecule has 0 fully saturated rings. The summed E-state index contributed by atoms with van der Waals surface area (Å²) < 4.78 is 2.54. The van der Waals surface area contributed by atoms with Crippen LogP contribution in [0.3, 0.4) is 0 Å². The highest BCUT2D eigenvalue weighted by atomic mass is 15.0. The molecular formula is C44H42N2. The van der Waals surface area contributed by atoms with E-state index in [2.05, 4.69) is 157 Å². The summed E-state index contributed by atoms with van der Waals surface area (Å²) in [5.41, 5.74) is 11.2. The molecule has 2 nitrogen and oxygen atoms in total. The van der Waals surface area contributed by atoms with Crippen LogP contribution in [-0.4, -0.2) is 9.55 Å². The summed E-state index contributed by atoms with van der Waals surface area (Å²) >= 11 is 0. The number of fused-ring (bicyclic) bond motifs is 4. The fraction of sp³-hybridized carbons (Fsp3) is 0.250. The number of aryl methyl sites for hydroxylation is 2. The molecular weight excluding hydrogens is 556 g/mol. The van der Waals surface area contributed by atoms with E-state index in [4.69, 9.17) is 4.98 Å². The summed E-state index contributed by atoms with van der Waals surface area (Å²) in [4.78, 5) is 5.08. The van der Waals surface area contributed by atoms with E-state index in [0.29, 0.717) is 0 Å². The molecule has 0 spiro atoms. The van der Waals surface area contributed by atoms with Crippen molar-refractivity contribution in [1.29, 1.82) is 0 Å². The minimum Gasteiger partial charge on any atom is -0.309 e. The molecule has 8 rings (SSSR count). The quantitative estimate of drug-likeness (QED) is 0.185. The molecule has 0 unspecified atom stereocenters. The molecule has 0 saturated heterocycles. The molecule has 0 radical (unpaired) electrons. The van der Waals surface area contributed by atoms with Crippen molar-refractivity contribution in [2.75, 3.05) is 0 Å². The molecule has 0 N–H and O–H groups in total. The van der Waals surface area contributed by atoms with Crippen LogP contribution in [0.1, 0.15) is 70.9 Å². The lowest BCUT2D eigenvalue weighted by Gasteiger charge is -2.27. The first kappa shape index (κ1) is 28.8. The number of pyridine rings is 1. The van der Waals surface area contributed by atoms with Gasteiger partial charge in [0.15, 0.2) is 0 Å². The zero-order valence-electron chi connectivity index (χ0n) is 28.3. The van der Waals surface area contributed by atoms with Gasteiger partial charge in [-0.05, 0) is 98.1 Å². The van der Waals surface area contributed by atoms with Crippen LogP contribution in [0.25, 0.3) is 71.1 Å². The van der Waals surface area contributed by atoms with E-state index in [1.54, 1.807) is 0 Å². The molecule has 0 aliphatic rings. The van der Waals surface area contributed by atoms with Crippen molar-refractivity contribution in [1.82, 2.24) is 9.55 Å². The number of rotatable bonds is 3. The van der Waals surface area contributed by atoms with Crippen molar-refractivity contribution >= 4 is 54.1 Å². The SMILES string of the molecule is CCc1ccc(C)nc1-c1ccc2ccc3cc4c5ccccc5n(-c5cc(C(C)(C)C)cc(C(C)(C)C)c5)c4c4ccc1c2c34. The zero-order valence-corrected chi connectivity index (χ0v) is 28.3. The van der Waals surface area contributed by atoms with Crippen LogP contribution in [0, 0.1) is 6.92 Å². The van der Waals surface area contributed by atoms with Gasteiger partial charge in [0.05, 0.1) is 16.7 Å². The van der Waals surface area contributed by atoms with Crippen LogP contribution in [-0.2, 0) is 17.3 Å². The van der Waals surface area contributed by atoms with Crippen molar-refractivity contribution in [2.24, 2.45) is 0 Å². The van der Waals surface area contributed by atoms with Gasteiger partial charge in [-0.2, -0.15) is 0 Å². The lowest BCUT2D eigenvalue weighted by Crippen LogP contribution is -2.17. The van der Waals surface area contributed by atoms with E-state index in [0.717, 1.165) is 17.8 Å². The molecule has 6 aromatic carbocycles. The fourth-order valence-electron chi connectivity index (χ4n) is 7.51. The van der Waals surface area contributed by atoms with Crippen LogP contribution >= 0.6 is 0 Å².